The summed E-state index contributed by atoms with van der Waals surface area (Å²) < 4.78 is 6.69. The zero-order valence-electron chi connectivity index (χ0n) is 29.3. The van der Waals surface area contributed by atoms with Crippen molar-refractivity contribution in [3.05, 3.63) is 200 Å². The maximum absolute atomic E-state index is 6.69. The van der Waals surface area contributed by atoms with Gasteiger partial charge in [0.2, 0.25) is 0 Å². The van der Waals surface area contributed by atoms with Crippen LogP contribution in [0.3, 0.4) is 0 Å². The molecule has 4 nitrogen and oxygen atoms in total. The minimum absolute atomic E-state index is 0.803. The summed E-state index contributed by atoms with van der Waals surface area (Å²) in [5, 5.41) is 2.04. The van der Waals surface area contributed by atoms with Crippen LogP contribution >= 0.6 is 0 Å². The van der Waals surface area contributed by atoms with E-state index in [2.05, 4.69) is 150 Å². The highest BCUT2D eigenvalue weighted by atomic mass is 16.3. The first kappa shape index (κ1) is 31.4. The van der Waals surface area contributed by atoms with Crippen molar-refractivity contribution in [3.8, 4) is 44.8 Å². The lowest BCUT2D eigenvalue weighted by atomic mass is 9.96. The Kier molecular flexibility index (Phi) is 7.77. The molecule has 10 rings (SSSR count). The van der Waals surface area contributed by atoms with E-state index in [9.17, 15) is 0 Å². The van der Waals surface area contributed by atoms with Crippen LogP contribution in [0.1, 0.15) is 0 Å². The van der Waals surface area contributed by atoms with Gasteiger partial charge in [-0.25, -0.2) is 9.97 Å². The van der Waals surface area contributed by atoms with E-state index < -0.39 is 0 Å². The lowest BCUT2D eigenvalue weighted by Gasteiger charge is -2.25. The highest BCUT2D eigenvalue weighted by Crippen LogP contribution is 2.43. The van der Waals surface area contributed by atoms with E-state index in [1.807, 2.05) is 54.6 Å². The quantitative estimate of drug-likeness (QED) is 0.167. The van der Waals surface area contributed by atoms with Crippen molar-refractivity contribution in [2.24, 2.45) is 0 Å². The monoisotopic (exact) mass is 691 g/mol. The van der Waals surface area contributed by atoms with Gasteiger partial charge in [-0.2, -0.15) is 0 Å². The Balaban J connectivity index is 1.12. The van der Waals surface area contributed by atoms with E-state index in [4.69, 9.17) is 14.4 Å². The molecular weight excluding hydrogens is 659 g/mol. The first-order valence-electron chi connectivity index (χ1n) is 18.2. The lowest BCUT2D eigenvalue weighted by Crippen LogP contribution is -2.09. The molecular formula is C50H33N3O. The SMILES string of the molecule is c1ccc(-c2ccc(N(c3ccccc3)c3ccc4c(c3)oc3cccc(-c5nc6ccccc6nc5-c5cccc(-c6ccccc6)c5)c34)cc2)cc1. The normalized spacial score (nSPS) is 11.3. The summed E-state index contributed by atoms with van der Waals surface area (Å²) >= 11 is 0. The first-order chi connectivity index (χ1) is 26.8. The smallest absolute Gasteiger partial charge is 0.137 e. The molecule has 0 saturated heterocycles. The zero-order chi connectivity index (χ0) is 35.8. The lowest BCUT2D eigenvalue weighted by molar-refractivity contribution is 0.669. The molecule has 0 radical (unpaired) electrons. The third-order valence-corrected chi connectivity index (χ3v) is 10.1. The molecule has 0 saturated carbocycles. The maximum atomic E-state index is 6.69. The number of aromatic nitrogens is 2. The molecule has 0 fully saturated rings. The van der Waals surface area contributed by atoms with Crippen molar-refractivity contribution < 1.29 is 4.42 Å². The van der Waals surface area contributed by atoms with Crippen molar-refractivity contribution >= 4 is 50.0 Å². The second kappa shape index (κ2) is 13.4. The van der Waals surface area contributed by atoms with Gasteiger partial charge in [-0.1, -0.05) is 133 Å². The van der Waals surface area contributed by atoms with Crippen LogP contribution in [0.25, 0.3) is 77.7 Å². The Labute approximate surface area is 313 Å². The summed E-state index contributed by atoms with van der Waals surface area (Å²) in [7, 11) is 0. The largest absolute Gasteiger partial charge is 0.456 e. The summed E-state index contributed by atoms with van der Waals surface area (Å²) in [6.45, 7) is 0. The minimum atomic E-state index is 0.803. The van der Waals surface area contributed by atoms with Gasteiger partial charge in [0.15, 0.2) is 0 Å². The first-order valence-corrected chi connectivity index (χ1v) is 18.2. The number of nitrogens with zero attached hydrogens (tertiary/aromatic N) is 3. The molecule has 8 aromatic carbocycles. The molecule has 10 aromatic rings. The van der Waals surface area contributed by atoms with Crippen molar-refractivity contribution in [2.45, 2.75) is 0 Å². The Morgan fingerprint density at radius 1 is 0.352 bits per heavy atom. The minimum Gasteiger partial charge on any atom is -0.456 e. The van der Waals surface area contributed by atoms with Gasteiger partial charge in [-0.05, 0) is 82.9 Å². The van der Waals surface area contributed by atoms with Gasteiger partial charge >= 0.3 is 0 Å². The molecule has 0 amide bonds. The highest BCUT2D eigenvalue weighted by molar-refractivity contribution is 6.14. The fourth-order valence-electron chi connectivity index (χ4n) is 7.47. The van der Waals surface area contributed by atoms with Gasteiger partial charge in [-0.3, -0.25) is 0 Å². The zero-order valence-corrected chi connectivity index (χ0v) is 29.3. The number of hydrogen-bond acceptors (Lipinski definition) is 4. The van der Waals surface area contributed by atoms with Gasteiger partial charge in [0, 0.05) is 45.0 Å². The number of para-hydroxylation sites is 3. The predicted molar refractivity (Wildman–Crippen MR) is 223 cm³/mol. The summed E-state index contributed by atoms with van der Waals surface area (Å²) in [5.41, 5.74) is 14.7. The van der Waals surface area contributed by atoms with Crippen LogP contribution < -0.4 is 4.90 Å². The van der Waals surface area contributed by atoms with Gasteiger partial charge < -0.3 is 9.32 Å². The van der Waals surface area contributed by atoms with Gasteiger partial charge in [0.25, 0.3) is 0 Å². The number of fused-ring (bicyclic) bond motifs is 4. The van der Waals surface area contributed by atoms with Gasteiger partial charge in [0.1, 0.15) is 11.2 Å². The van der Waals surface area contributed by atoms with Crippen molar-refractivity contribution in [1.29, 1.82) is 0 Å². The topological polar surface area (TPSA) is 42.2 Å². The molecule has 0 N–H and O–H groups in total. The van der Waals surface area contributed by atoms with Crippen molar-refractivity contribution in [3.63, 3.8) is 0 Å². The third kappa shape index (κ3) is 5.67. The number of anilines is 3. The van der Waals surface area contributed by atoms with Crippen LogP contribution in [-0.4, -0.2) is 9.97 Å². The Morgan fingerprint density at radius 3 is 1.61 bits per heavy atom. The van der Waals surface area contributed by atoms with Crippen LogP contribution in [0, 0.1) is 0 Å². The summed E-state index contributed by atoms with van der Waals surface area (Å²) in [4.78, 5) is 12.8. The molecule has 2 aromatic heterocycles. The van der Waals surface area contributed by atoms with E-state index in [0.29, 0.717) is 0 Å². The highest BCUT2D eigenvalue weighted by Gasteiger charge is 2.21. The van der Waals surface area contributed by atoms with E-state index in [1.54, 1.807) is 0 Å². The summed E-state index contributed by atoms with van der Waals surface area (Å²) in [6.07, 6.45) is 0. The summed E-state index contributed by atoms with van der Waals surface area (Å²) in [5.74, 6) is 0. The molecule has 0 aliphatic rings. The molecule has 254 valence electrons. The molecule has 54 heavy (non-hydrogen) atoms. The van der Waals surface area contributed by atoms with Crippen LogP contribution in [0.5, 0.6) is 0 Å². The fourth-order valence-corrected chi connectivity index (χ4v) is 7.47. The molecule has 4 heteroatoms. The average Bonchev–Trinajstić information content (AvgIpc) is 3.63. The number of rotatable bonds is 7. The van der Waals surface area contributed by atoms with E-state index in [1.165, 1.54) is 11.1 Å². The number of hydrogen-bond donors (Lipinski definition) is 0. The van der Waals surface area contributed by atoms with Gasteiger partial charge in [0.05, 0.1) is 22.4 Å². The average molecular weight is 692 g/mol. The second-order valence-corrected chi connectivity index (χ2v) is 13.4. The molecule has 0 bridgehead atoms. The van der Waals surface area contributed by atoms with Crippen LogP contribution in [0.15, 0.2) is 205 Å². The third-order valence-electron chi connectivity index (χ3n) is 10.1. The Hall–Kier alpha value is -7.30. The number of furan rings is 1. The summed E-state index contributed by atoms with van der Waals surface area (Å²) in [6, 6.07) is 69.5. The second-order valence-electron chi connectivity index (χ2n) is 13.4. The number of benzene rings is 8. The van der Waals surface area contributed by atoms with Crippen LogP contribution in [-0.2, 0) is 0 Å². The molecule has 0 atom stereocenters. The Morgan fingerprint density at radius 2 is 0.889 bits per heavy atom. The van der Waals surface area contributed by atoms with Crippen molar-refractivity contribution in [1.82, 2.24) is 9.97 Å². The fraction of sp³-hybridized carbons (Fsp3) is 0. The Bertz CT molecular complexity index is 2920. The maximum Gasteiger partial charge on any atom is 0.137 e. The molecule has 0 aliphatic carbocycles. The van der Waals surface area contributed by atoms with Crippen LogP contribution in [0.4, 0.5) is 17.1 Å². The van der Waals surface area contributed by atoms with Crippen molar-refractivity contribution in [2.75, 3.05) is 4.90 Å². The molecule has 2 heterocycles. The molecule has 0 unspecified atom stereocenters. The molecule has 0 aliphatic heterocycles. The standard InChI is InChI=1S/C50H33N3O/c1-4-14-34(15-5-1)36-26-28-40(29-27-36)53(39-20-8-3-9-21-39)41-30-31-42-47(33-41)54-46-25-13-22-43(48(42)46)50-49(51-44-23-10-11-24-45(44)52-50)38-19-12-18-37(32-38)35-16-6-2-7-17-35/h1-33H. The van der Waals surface area contributed by atoms with E-state index in [-0.39, 0.29) is 0 Å². The van der Waals surface area contributed by atoms with Gasteiger partial charge in [-0.15, -0.1) is 0 Å². The molecule has 0 spiro atoms. The van der Waals surface area contributed by atoms with Crippen LogP contribution in [0.2, 0.25) is 0 Å². The van der Waals surface area contributed by atoms with E-state index >= 15 is 0 Å². The predicted octanol–water partition coefficient (Wildman–Crippen LogP) is 13.7. The van der Waals surface area contributed by atoms with E-state index in [0.717, 1.165) is 83.7 Å².